The van der Waals surface area contributed by atoms with Crippen LogP contribution in [-0.2, 0) is 0 Å². The minimum absolute atomic E-state index is 0.906. The van der Waals surface area contributed by atoms with E-state index in [1.807, 2.05) is 0 Å². The molecule has 0 rings (SSSR count). The Hall–Kier alpha value is -0.950. The number of rotatable bonds is 2. The summed E-state index contributed by atoms with van der Waals surface area (Å²) < 4.78 is 82.7. The van der Waals surface area contributed by atoms with Crippen molar-refractivity contribution >= 4 is 17.4 Å². The van der Waals surface area contributed by atoms with E-state index in [0.29, 0.717) is 0 Å². The number of isothiocyanates is 1. The Morgan fingerprint density at radius 1 is 1.07 bits per heavy atom. The molecule has 0 aliphatic rings. The average molecular weight is 239 g/mol. The zero-order valence-electron chi connectivity index (χ0n) is 6.00. The van der Waals surface area contributed by atoms with Crippen LogP contribution >= 0.6 is 12.2 Å². The number of hydrogen-bond acceptors (Lipinski definition) is 2. The maximum Gasteiger partial charge on any atom is 0.425 e. The monoisotopic (exact) mass is 239 g/mol. The predicted molar refractivity (Wildman–Crippen MR) is 35.3 cm³/mol. The summed E-state index contributed by atoms with van der Waals surface area (Å²) in [4.78, 5) is 1.72. The summed E-state index contributed by atoms with van der Waals surface area (Å²) in [5, 5.41) is 0.906. The smallest absolute Gasteiger partial charge is 0.175 e. The van der Waals surface area contributed by atoms with Gasteiger partial charge in [0.05, 0.1) is 5.16 Å². The van der Waals surface area contributed by atoms with Gasteiger partial charge in [-0.2, -0.15) is 35.7 Å². The lowest BCUT2D eigenvalue weighted by molar-refractivity contribution is -0.132. The minimum atomic E-state index is -5.88. The van der Waals surface area contributed by atoms with Crippen molar-refractivity contribution in [3.8, 4) is 0 Å². The largest absolute Gasteiger partial charge is 0.425 e. The predicted octanol–water partition coefficient (Wildman–Crippen LogP) is 3.39. The molecule has 0 radical (unpaired) electrons. The zero-order chi connectivity index (χ0) is 11.6. The molecule has 0 aliphatic heterocycles. The van der Waals surface area contributed by atoms with Gasteiger partial charge in [0.1, 0.15) is 0 Å². The van der Waals surface area contributed by atoms with Crippen LogP contribution in [0.15, 0.2) is 16.6 Å². The molecular weight excluding hydrogens is 239 g/mol. The van der Waals surface area contributed by atoms with Crippen LogP contribution in [0.1, 0.15) is 0 Å². The number of aliphatic imine (C=N–C) groups is 1. The van der Waals surface area contributed by atoms with E-state index in [-0.39, 0.29) is 0 Å². The van der Waals surface area contributed by atoms with Crippen molar-refractivity contribution in [2.24, 2.45) is 4.99 Å². The highest BCUT2D eigenvalue weighted by atomic mass is 32.1. The van der Waals surface area contributed by atoms with Crippen molar-refractivity contribution in [2.45, 2.75) is 12.2 Å². The summed E-state index contributed by atoms with van der Waals surface area (Å²) in [6.07, 6.45) is -9.44. The molecule has 0 heterocycles. The fourth-order valence-electron chi connectivity index (χ4n) is 0.505. The molecule has 0 atom stereocenters. The van der Waals surface area contributed by atoms with E-state index in [2.05, 4.69) is 12.2 Å². The summed E-state index contributed by atoms with van der Waals surface area (Å²) in [7, 11) is 0. The number of thiocarbonyl (C=S) groups is 1. The Kier molecular flexibility index (Phi) is 3.78. The second kappa shape index (κ2) is 4.05. The number of nitrogens with zero attached hydrogens (tertiary/aromatic N) is 1. The molecular formula is C5F7NS. The van der Waals surface area contributed by atoms with Crippen LogP contribution in [0.4, 0.5) is 30.7 Å². The molecule has 0 amide bonds. The molecule has 0 fully saturated rings. The highest BCUT2D eigenvalue weighted by Gasteiger charge is 2.54. The van der Waals surface area contributed by atoms with Crippen LogP contribution in [0, 0.1) is 0 Å². The van der Waals surface area contributed by atoms with Gasteiger partial charge in [0, 0.05) is 0 Å². The first-order chi connectivity index (χ1) is 6.13. The van der Waals surface area contributed by atoms with Crippen molar-refractivity contribution in [3.05, 3.63) is 11.7 Å². The van der Waals surface area contributed by atoms with Gasteiger partial charge in [0.25, 0.3) is 6.08 Å². The van der Waals surface area contributed by atoms with E-state index in [9.17, 15) is 30.7 Å². The summed E-state index contributed by atoms with van der Waals surface area (Å²) in [6, 6.07) is -5.11. The van der Waals surface area contributed by atoms with Gasteiger partial charge < -0.3 is 0 Å². The Labute approximate surface area is 77.9 Å². The third-order valence-electron chi connectivity index (χ3n) is 0.959. The molecule has 0 aliphatic carbocycles. The molecule has 0 bridgehead atoms. The normalized spacial score (nSPS) is 11.9. The first-order valence-electron chi connectivity index (χ1n) is 2.72. The average Bonchev–Trinajstić information content (AvgIpc) is 1.78. The van der Waals surface area contributed by atoms with Crippen molar-refractivity contribution in [1.82, 2.24) is 0 Å². The molecule has 9 heteroatoms. The second-order valence-corrected chi connectivity index (χ2v) is 2.06. The van der Waals surface area contributed by atoms with E-state index >= 15 is 0 Å². The summed E-state index contributed by atoms with van der Waals surface area (Å²) >= 11 is 3.60. The molecule has 0 N–H and O–H groups in total. The van der Waals surface area contributed by atoms with Crippen LogP contribution in [-0.4, -0.2) is 17.4 Å². The maximum atomic E-state index is 12.3. The molecule has 0 aromatic carbocycles. The lowest BCUT2D eigenvalue weighted by Crippen LogP contribution is -2.29. The van der Waals surface area contributed by atoms with Crippen molar-refractivity contribution in [2.75, 3.05) is 0 Å². The number of alkyl halides is 5. The first-order valence-corrected chi connectivity index (χ1v) is 3.13. The van der Waals surface area contributed by atoms with Gasteiger partial charge in [0.15, 0.2) is 5.57 Å². The van der Waals surface area contributed by atoms with Gasteiger partial charge in [-0.15, -0.1) is 0 Å². The third-order valence-corrected chi connectivity index (χ3v) is 1.05. The quantitative estimate of drug-likeness (QED) is 0.311. The van der Waals surface area contributed by atoms with E-state index in [1.54, 1.807) is 4.99 Å². The number of hydrogen-bond donors (Lipinski definition) is 0. The molecule has 1 nitrogen and oxygen atoms in total. The van der Waals surface area contributed by atoms with E-state index in [4.69, 9.17) is 0 Å². The molecule has 0 aromatic rings. The van der Waals surface area contributed by atoms with Gasteiger partial charge in [-0.25, -0.2) is 0 Å². The lowest BCUT2D eigenvalue weighted by atomic mass is 10.2. The molecule has 0 saturated carbocycles. The zero-order valence-corrected chi connectivity index (χ0v) is 6.82. The summed E-state index contributed by atoms with van der Waals surface area (Å²) in [6.45, 7) is 0. The molecule has 80 valence electrons. The van der Waals surface area contributed by atoms with E-state index in [0.717, 1.165) is 5.16 Å². The lowest BCUT2D eigenvalue weighted by Gasteiger charge is -2.15. The Morgan fingerprint density at radius 3 is 1.71 bits per heavy atom. The van der Waals surface area contributed by atoms with Crippen LogP contribution in [0.25, 0.3) is 0 Å². The Morgan fingerprint density at radius 2 is 1.50 bits per heavy atom. The SMILES string of the molecule is FC(F)=C(C(F)(F)F)C(F)(F)N=C=S. The highest BCUT2D eigenvalue weighted by Crippen LogP contribution is 2.41. The third kappa shape index (κ3) is 3.08. The highest BCUT2D eigenvalue weighted by molar-refractivity contribution is 7.78. The van der Waals surface area contributed by atoms with Crippen molar-refractivity contribution < 1.29 is 30.7 Å². The summed E-state index contributed by atoms with van der Waals surface area (Å²) in [5.74, 6) is 0. The van der Waals surface area contributed by atoms with Crippen LogP contribution in [0.3, 0.4) is 0 Å². The molecule has 0 spiro atoms. The van der Waals surface area contributed by atoms with E-state index in [1.165, 1.54) is 0 Å². The topological polar surface area (TPSA) is 12.4 Å². The molecule has 0 unspecified atom stereocenters. The molecule has 0 aromatic heterocycles. The van der Waals surface area contributed by atoms with Gasteiger partial charge in [0.2, 0.25) is 0 Å². The van der Waals surface area contributed by atoms with Gasteiger partial charge in [-0.05, 0) is 12.2 Å². The van der Waals surface area contributed by atoms with Crippen LogP contribution < -0.4 is 0 Å². The fraction of sp³-hybridized carbons (Fsp3) is 0.400. The maximum absolute atomic E-state index is 12.3. The molecule has 0 saturated heterocycles. The van der Waals surface area contributed by atoms with Crippen LogP contribution in [0.5, 0.6) is 0 Å². The second-order valence-electron chi connectivity index (χ2n) is 1.88. The van der Waals surface area contributed by atoms with Crippen molar-refractivity contribution in [3.63, 3.8) is 0 Å². The van der Waals surface area contributed by atoms with Crippen molar-refractivity contribution in [1.29, 1.82) is 0 Å². The minimum Gasteiger partial charge on any atom is -0.175 e. The van der Waals surface area contributed by atoms with Gasteiger partial charge in [-0.1, -0.05) is 0 Å². The first kappa shape index (κ1) is 13.1. The Balaban J connectivity index is 5.49. The van der Waals surface area contributed by atoms with Gasteiger partial charge in [-0.3, -0.25) is 0 Å². The van der Waals surface area contributed by atoms with Crippen LogP contribution in [0.2, 0.25) is 0 Å². The van der Waals surface area contributed by atoms with Gasteiger partial charge >= 0.3 is 12.2 Å². The van der Waals surface area contributed by atoms with E-state index < -0.39 is 23.9 Å². The summed E-state index contributed by atoms with van der Waals surface area (Å²) in [5.41, 5.74) is -3.33. The fourth-order valence-corrected chi connectivity index (χ4v) is 0.619. The standard InChI is InChI=1S/C5F7NS/c6-3(7)2(4(8,9)10)5(11,12)13-1-14. The molecule has 14 heavy (non-hydrogen) atoms. The Bertz CT molecular complexity index is 294. The number of halogens is 7.